The van der Waals surface area contributed by atoms with Crippen molar-refractivity contribution in [1.82, 2.24) is 4.98 Å². The summed E-state index contributed by atoms with van der Waals surface area (Å²) in [6.07, 6.45) is 1.77. The molecule has 2 rings (SSSR count). The van der Waals surface area contributed by atoms with Gasteiger partial charge in [-0.1, -0.05) is 0 Å². The van der Waals surface area contributed by atoms with Crippen molar-refractivity contribution >= 4 is 64.9 Å². The number of nitrogens with one attached hydrogen (secondary N) is 1. The van der Waals surface area contributed by atoms with Crippen molar-refractivity contribution in [3.05, 3.63) is 42.0 Å². The second-order valence-corrected chi connectivity index (χ2v) is 6.65. The van der Waals surface area contributed by atoms with Gasteiger partial charge < -0.3 is 5.32 Å². The number of halogens is 3. The minimum absolute atomic E-state index is 0.769. The minimum atomic E-state index is 0.769. The van der Waals surface area contributed by atoms with Gasteiger partial charge in [0.1, 0.15) is 5.82 Å². The van der Waals surface area contributed by atoms with Crippen molar-refractivity contribution < 1.29 is 0 Å². The highest BCUT2D eigenvalue weighted by atomic mass is 79.9. The predicted molar refractivity (Wildman–Crippen MR) is 79.0 cm³/mol. The molecule has 2 aromatic heterocycles. The first-order valence-electron chi connectivity index (χ1n) is 4.43. The van der Waals surface area contributed by atoms with E-state index in [-0.39, 0.29) is 0 Å². The predicted octanol–water partition coefficient (Wildman–Crippen LogP) is 5.04. The first kappa shape index (κ1) is 12.5. The zero-order valence-electron chi connectivity index (χ0n) is 8.01. The standard InChI is InChI=1S/C10H7Br3N2S/c11-6-3-8(13)10(14-4-6)15-5-9-7(12)1-2-16-9/h1-4H,5H2,(H,14,15). The van der Waals surface area contributed by atoms with E-state index in [0.717, 1.165) is 25.8 Å². The third-order valence-electron chi connectivity index (χ3n) is 1.92. The van der Waals surface area contributed by atoms with Crippen molar-refractivity contribution in [1.29, 1.82) is 0 Å². The Hall–Kier alpha value is 0.0900. The molecule has 16 heavy (non-hydrogen) atoms. The number of rotatable bonds is 3. The molecule has 0 aromatic carbocycles. The Kier molecular flexibility index (Phi) is 4.41. The molecule has 0 radical (unpaired) electrons. The maximum absolute atomic E-state index is 4.29. The van der Waals surface area contributed by atoms with Crippen molar-refractivity contribution in [2.45, 2.75) is 6.54 Å². The molecule has 0 saturated carbocycles. The molecule has 6 heteroatoms. The van der Waals surface area contributed by atoms with Crippen LogP contribution < -0.4 is 5.32 Å². The fourth-order valence-corrected chi connectivity index (χ4v) is 3.72. The summed E-state index contributed by atoms with van der Waals surface area (Å²) in [7, 11) is 0. The van der Waals surface area contributed by atoms with Crippen LogP contribution in [0.15, 0.2) is 37.1 Å². The van der Waals surface area contributed by atoms with Crippen LogP contribution in [0.25, 0.3) is 0 Å². The topological polar surface area (TPSA) is 24.9 Å². The lowest BCUT2D eigenvalue weighted by molar-refractivity contribution is 1.12. The number of aromatic nitrogens is 1. The van der Waals surface area contributed by atoms with Crippen LogP contribution in [0, 0.1) is 0 Å². The number of nitrogens with zero attached hydrogens (tertiary/aromatic N) is 1. The number of thiophene rings is 1. The molecule has 0 aliphatic carbocycles. The summed E-state index contributed by atoms with van der Waals surface area (Å²) in [5, 5.41) is 5.35. The van der Waals surface area contributed by atoms with Crippen molar-refractivity contribution in [2.24, 2.45) is 0 Å². The van der Waals surface area contributed by atoms with Gasteiger partial charge in [0.2, 0.25) is 0 Å². The summed E-state index contributed by atoms with van der Waals surface area (Å²) in [5.74, 6) is 0.850. The zero-order valence-corrected chi connectivity index (χ0v) is 13.6. The molecule has 0 atom stereocenters. The number of pyridine rings is 1. The average Bonchev–Trinajstić information content (AvgIpc) is 2.63. The van der Waals surface area contributed by atoms with E-state index in [1.807, 2.05) is 12.1 Å². The number of anilines is 1. The Morgan fingerprint density at radius 2 is 2.06 bits per heavy atom. The molecule has 0 amide bonds. The monoisotopic (exact) mass is 424 g/mol. The first-order chi connectivity index (χ1) is 7.66. The molecular weight excluding hydrogens is 420 g/mol. The van der Waals surface area contributed by atoms with Crippen LogP contribution in [0.4, 0.5) is 5.82 Å². The lowest BCUT2D eigenvalue weighted by Gasteiger charge is -2.06. The summed E-state index contributed by atoms with van der Waals surface area (Å²) in [4.78, 5) is 5.55. The van der Waals surface area contributed by atoms with E-state index >= 15 is 0 Å². The Morgan fingerprint density at radius 3 is 2.69 bits per heavy atom. The average molecular weight is 427 g/mol. The summed E-state index contributed by atoms with van der Waals surface area (Å²) < 4.78 is 3.05. The van der Waals surface area contributed by atoms with Gasteiger partial charge in [-0.3, -0.25) is 0 Å². The van der Waals surface area contributed by atoms with Crippen LogP contribution in [-0.2, 0) is 6.54 Å². The van der Waals surface area contributed by atoms with E-state index in [2.05, 4.69) is 63.5 Å². The molecule has 0 aliphatic heterocycles. The largest absolute Gasteiger partial charge is 0.364 e. The Bertz CT molecular complexity index is 499. The molecule has 0 aliphatic rings. The maximum atomic E-state index is 4.29. The van der Waals surface area contributed by atoms with E-state index in [9.17, 15) is 0 Å². The van der Waals surface area contributed by atoms with Crippen molar-refractivity contribution in [3.63, 3.8) is 0 Å². The fourth-order valence-electron chi connectivity index (χ4n) is 1.16. The molecule has 2 nitrogen and oxygen atoms in total. The molecule has 0 saturated heterocycles. The molecule has 0 unspecified atom stereocenters. The third kappa shape index (κ3) is 3.06. The van der Waals surface area contributed by atoms with Crippen LogP contribution >= 0.6 is 59.1 Å². The van der Waals surface area contributed by atoms with Gasteiger partial charge >= 0.3 is 0 Å². The van der Waals surface area contributed by atoms with E-state index in [1.165, 1.54) is 4.88 Å². The van der Waals surface area contributed by atoms with Crippen molar-refractivity contribution in [2.75, 3.05) is 5.32 Å². The van der Waals surface area contributed by atoms with Gasteiger partial charge in [0, 0.05) is 20.0 Å². The third-order valence-corrected chi connectivity index (χ3v) is 4.88. The summed E-state index contributed by atoms with van der Waals surface area (Å²) in [6.45, 7) is 0.769. The Balaban J connectivity index is 2.08. The van der Waals surface area contributed by atoms with E-state index < -0.39 is 0 Å². The molecule has 2 heterocycles. The van der Waals surface area contributed by atoms with E-state index in [4.69, 9.17) is 0 Å². The maximum Gasteiger partial charge on any atom is 0.140 e. The second kappa shape index (κ2) is 5.62. The summed E-state index contributed by atoms with van der Waals surface area (Å²) in [5.41, 5.74) is 0. The van der Waals surface area contributed by atoms with Gasteiger partial charge in [-0.2, -0.15) is 0 Å². The van der Waals surface area contributed by atoms with Crippen LogP contribution in [0.3, 0.4) is 0 Å². The van der Waals surface area contributed by atoms with E-state index in [1.54, 1.807) is 17.5 Å². The number of hydrogen-bond acceptors (Lipinski definition) is 3. The molecule has 84 valence electrons. The lowest BCUT2D eigenvalue weighted by atomic mass is 10.4. The molecule has 2 aromatic rings. The molecule has 0 spiro atoms. The summed E-state index contributed by atoms with van der Waals surface area (Å²) >= 11 is 12.1. The molecule has 1 N–H and O–H groups in total. The van der Waals surface area contributed by atoms with Crippen LogP contribution in [0.1, 0.15) is 4.88 Å². The second-order valence-electron chi connectivity index (χ2n) is 3.03. The lowest BCUT2D eigenvalue weighted by Crippen LogP contribution is -2.00. The molecule has 0 bridgehead atoms. The highest BCUT2D eigenvalue weighted by Crippen LogP contribution is 2.26. The van der Waals surface area contributed by atoms with Crippen LogP contribution in [-0.4, -0.2) is 4.98 Å². The fraction of sp³-hybridized carbons (Fsp3) is 0.100. The minimum Gasteiger partial charge on any atom is -0.364 e. The van der Waals surface area contributed by atoms with Gasteiger partial charge in [0.05, 0.1) is 11.0 Å². The highest BCUT2D eigenvalue weighted by molar-refractivity contribution is 9.11. The van der Waals surface area contributed by atoms with Gasteiger partial charge in [-0.05, 0) is 65.3 Å². The summed E-state index contributed by atoms with van der Waals surface area (Å²) in [6, 6.07) is 4.02. The van der Waals surface area contributed by atoms with E-state index in [0.29, 0.717) is 0 Å². The van der Waals surface area contributed by atoms with Gasteiger partial charge in [-0.25, -0.2) is 4.98 Å². The van der Waals surface area contributed by atoms with Gasteiger partial charge in [0.25, 0.3) is 0 Å². The smallest absolute Gasteiger partial charge is 0.140 e. The Labute approximate surface area is 123 Å². The van der Waals surface area contributed by atoms with Gasteiger partial charge in [0.15, 0.2) is 0 Å². The highest BCUT2D eigenvalue weighted by Gasteiger charge is 2.04. The normalized spacial score (nSPS) is 10.4. The first-order valence-corrected chi connectivity index (χ1v) is 7.69. The van der Waals surface area contributed by atoms with Crippen LogP contribution in [0.5, 0.6) is 0 Å². The van der Waals surface area contributed by atoms with Gasteiger partial charge in [-0.15, -0.1) is 11.3 Å². The molecular formula is C10H7Br3N2S. The SMILES string of the molecule is Brc1cnc(NCc2sccc2Br)c(Br)c1. The number of hydrogen-bond donors (Lipinski definition) is 1. The molecule has 0 fully saturated rings. The van der Waals surface area contributed by atoms with Crippen molar-refractivity contribution in [3.8, 4) is 0 Å². The zero-order chi connectivity index (χ0) is 11.5. The quantitative estimate of drug-likeness (QED) is 0.743. The van der Waals surface area contributed by atoms with Crippen LogP contribution in [0.2, 0.25) is 0 Å². The Morgan fingerprint density at radius 1 is 1.25 bits per heavy atom.